The summed E-state index contributed by atoms with van der Waals surface area (Å²) in [5.41, 5.74) is 1.46. The highest BCUT2D eigenvalue weighted by atomic mass is 32.1. The van der Waals surface area contributed by atoms with E-state index in [1.54, 1.807) is 11.3 Å². The van der Waals surface area contributed by atoms with Crippen LogP contribution in [0.15, 0.2) is 16.8 Å². The molecule has 2 aliphatic rings. The van der Waals surface area contributed by atoms with Crippen LogP contribution in [0.5, 0.6) is 0 Å². The zero-order valence-electron chi connectivity index (χ0n) is 12.8. The van der Waals surface area contributed by atoms with Crippen LogP contribution < -0.4 is 0 Å². The first kappa shape index (κ1) is 14.5. The topological polar surface area (TPSA) is 15.7 Å². The van der Waals surface area contributed by atoms with Crippen molar-refractivity contribution >= 4 is 11.3 Å². The van der Waals surface area contributed by atoms with Crippen molar-refractivity contribution in [1.29, 1.82) is 0 Å². The number of ether oxygens (including phenoxy) is 1. The van der Waals surface area contributed by atoms with Crippen LogP contribution in [0.3, 0.4) is 0 Å². The second-order valence-corrected chi connectivity index (χ2v) is 7.39. The van der Waals surface area contributed by atoms with Crippen LogP contribution in [0.1, 0.15) is 19.4 Å². The van der Waals surface area contributed by atoms with E-state index in [1.807, 2.05) is 0 Å². The Labute approximate surface area is 126 Å². The van der Waals surface area contributed by atoms with Gasteiger partial charge in [-0.15, -0.1) is 0 Å². The van der Waals surface area contributed by atoms with Crippen LogP contribution in [-0.4, -0.2) is 55.2 Å². The zero-order chi connectivity index (χ0) is 14.1. The molecule has 0 amide bonds. The third-order valence-corrected chi connectivity index (χ3v) is 5.74. The molecule has 4 heteroatoms. The van der Waals surface area contributed by atoms with Gasteiger partial charge < -0.3 is 4.74 Å². The van der Waals surface area contributed by atoms with E-state index in [2.05, 4.69) is 47.5 Å². The first-order valence-electron chi connectivity index (χ1n) is 7.68. The Morgan fingerprint density at radius 2 is 2.25 bits per heavy atom. The smallest absolute Gasteiger partial charge is 0.0625 e. The minimum absolute atomic E-state index is 0.584. The molecule has 2 aliphatic heterocycles. The van der Waals surface area contributed by atoms with Crippen molar-refractivity contribution < 1.29 is 4.74 Å². The van der Waals surface area contributed by atoms with E-state index in [0.717, 1.165) is 25.7 Å². The molecule has 20 heavy (non-hydrogen) atoms. The Morgan fingerprint density at radius 3 is 2.95 bits per heavy atom. The van der Waals surface area contributed by atoms with Crippen LogP contribution >= 0.6 is 11.3 Å². The summed E-state index contributed by atoms with van der Waals surface area (Å²) in [5, 5.41) is 4.45. The molecular formula is C16H26N2OS. The number of hydrogen-bond acceptors (Lipinski definition) is 4. The fourth-order valence-electron chi connectivity index (χ4n) is 3.64. The molecule has 2 saturated heterocycles. The van der Waals surface area contributed by atoms with Gasteiger partial charge in [0.1, 0.15) is 0 Å². The van der Waals surface area contributed by atoms with E-state index in [0.29, 0.717) is 18.0 Å². The highest BCUT2D eigenvalue weighted by Gasteiger charge is 2.42. The lowest BCUT2D eigenvalue weighted by atomic mass is 9.86. The van der Waals surface area contributed by atoms with Crippen molar-refractivity contribution in [3.63, 3.8) is 0 Å². The third-order valence-electron chi connectivity index (χ3n) is 5.01. The highest BCUT2D eigenvalue weighted by molar-refractivity contribution is 7.07. The van der Waals surface area contributed by atoms with Crippen molar-refractivity contribution in [1.82, 2.24) is 9.80 Å². The van der Waals surface area contributed by atoms with E-state index in [1.165, 1.54) is 18.7 Å². The molecular weight excluding hydrogens is 268 g/mol. The van der Waals surface area contributed by atoms with E-state index in [9.17, 15) is 0 Å². The van der Waals surface area contributed by atoms with Crippen molar-refractivity contribution in [2.75, 3.05) is 33.4 Å². The lowest BCUT2D eigenvalue weighted by Gasteiger charge is -2.40. The SMILES string of the molecule is CC(C)N(C)[C@@H]1COC[C@@H]2CN(Cc3ccsc3)C[C@@H]21. The molecule has 0 radical (unpaired) electrons. The summed E-state index contributed by atoms with van der Waals surface area (Å²) >= 11 is 1.80. The minimum atomic E-state index is 0.584. The first-order valence-corrected chi connectivity index (χ1v) is 8.62. The third kappa shape index (κ3) is 2.93. The van der Waals surface area contributed by atoms with Crippen LogP contribution in [0.4, 0.5) is 0 Å². The lowest BCUT2D eigenvalue weighted by molar-refractivity contribution is -0.0381. The molecule has 3 rings (SSSR count). The van der Waals surface area contributed by atoms with Crippen molar-refractivity contribution in [3.05, 3.63) is 22.4 Å². The fraction of sp³-hybridized carbons (Fsp3) is 0.750. The Kier molecular flexibility index (Phi) is 4.46. The quantitative estimate of drug-likeness (QED) is 0.849. The van der Waals surface area contributed by atoms with E-state index < -0.39 is 0 Å². The number of nitrogens with zero attached hydrogens (tertiary/aromatic N) is 2. The van der Waals surface area contributed by atoms with Gasteiger partial charge in [0.15, 0.2) is 0 Å². The standard InChI is InChI=1S/C16H26N2OS/c1-12(2)17(3)16-10-19-9-14-7-18(8-15(14)16)6-13-4-5-20-11-13/h4-5,11-12,14-16H,6-10H2,1-3H3/t14-,15-,16+/m0/s1. The van der Waals surface area contributed by atoms with Gasteiger partial charge in [0.25, 0.3) is 0 Å². The van der Waals surface area contributed by atoms with Crippen molar-refractivity contribution in [3.8, 4) is 0 Å². The van der Waals surface area contributed by atoms with Gasteiger partial charge >= 0.3 is 0 Å². The molecule has 0 aromatic carbocycles. The number of hydrogen-bond donors (Lipinski definition) is 0. The zero-order valence-corrected chi connectivity index (χ0v) is 13.6. The van der Waals surface area contributed by atoms with Crippen LogP contribution in [-0.2, 0) is 11.3 Å². The van der Waals surface area contributed by atoms with Gasteiger partial charge in [-0.2, -0.15) is 11.3 Å². The normalized spacial score (nSPS) is 31.1. The Bertz CT molecular complexity index is 420. The molecule has 3 nitrogen and oxygen atoms in total. The summed E-state index contributed by atoms with van der Waals surface area (Å²) in [7, 11) is 2.25. The van der Waals surface area contributed by atoms with Crippen molar-refractivity contribution in [2.24, 2.45) is 11.8 Å². The summed E-state index contributed by atoms with van der Waals surface area (Å²) in [6, 6.07) is 3.43. The average Bonchev–Trinajstić information content (AvgIpc) is 3.06. The Morgan fingerprint density at radius 1 is 1.40 bits per heavy atom. The molecule has 1 aromatic heterocycles. The molecule has 112 valence electrons. The predicted octanol–water partition coefficient (Wildman–Crippen LogP) is 2.54. The van der Waals surface area contributed by atoms with E-state index in [-0.39, 0.29) is 0 Å². The van der Waals surface area contributed by atoms with Gasteiger partial charge in [-0.05, 0) is 49.2 Å². The Balaban J connectivity index is 1.65. The molecule has 1 aromatic rings. The van der Waals surface area contributed by atoms with Crippen LogP contribution in [0.2, 0.25) is 0 Å². The van der Waals surface area contributed by atoms with E-state index >= 15 is 0 Å². The average molecular weight is 294 g/mol. The summed E-state index contributed by atoms with van der Waals surface area (Å²) in [6.07, 6.45) is 0. The largest absolute Gasteiger partial charge is 0.379 e. The maximum absolute atomic E-state index is 5.88. The minimum Gasteiger partial charge on any atom is -0.379 e. The summed E-state index contributed by atoms with van der Waals surface area (Å²) < 4.78 is 5.88. The Hall–Kier alpha value is -0.420. The summed E-state index contributed by atoms with van der Waals surface area (Å²) in [4.78, 5) is 5.12. The number of thiophene rings is 1. The van der Waals surface area contributed by atoms with E-state index in [4.69, 9.17) is 4.74 Å². The van der Waals surface area contributed by atoms with Crippen molar-refractivity contribution in [2.45, 2.75) is 32.5 Å². The molecule has 0 bridgehead atoms. The molecule has 0 N–H and O–H groups in total. The van der Waals surface area contributed by atoms with Gasteiger partial charge in [-0.25, -0.2) is 0 Å². The fourth-order valence-corrected chi connectivity index (χ4v) is 4.30. The predicted molar refractivity (Wildman–Crippen MR) is 84.1 cm³/mol. The van der Waals surface area contributed by atoms with Gasteiger partial charge in [0.05, 0.1) is 13.2 Å². The van der Waals surface area contributed by atoms with Gasteiger partial charge in [-0.1, -0.05) is 0 Å². The van der Waals surface area contributed by atoms with Gasteiger partial charge in [0.2, 0.25) is 0 Å². The number of likely N-dealkylation sites (tertiary alicyclic amines) is 1. The number of rotatable bonds is 4. The number of fused-ring (bicyclic) bond motifs is 1. The molecule has 0 aliphatic carbocycles. The number of likely N-dealkylation sites (N-methyl/N-ethyl adjacent to an activating group) is 1. The summed E-state index contributed by atoms with van der Waals surface area (Å²) in [5.74, 6) is 1.49. The first-order chi connectivity index (χ1) is 9.65. The van der Waals surface area contributed by atoms with Gasteiger partial charge in [0, 0.05) is 37.6 Å². The molecule has 2 fully saturated rings. The monoisotopic (exact) mass is 294 g/mol. The lowest BCUT2D eigenvalue weighted by Crippen LogP contribution is -2.50. The summed E-state index contributed by atoms with van der Waals surface area (Å²) in [6.45, 7) is 9.95. The van der Waals surface area contributed by atoms with Crippen LogP contribution in [0, 0.1) is 11.8 Å². The highest BCUT2D eigenvalue weighted by Crippen LogP contribution is 2.33. The molecule has 0 saturated carbocycles. The molecule has 3 heterocycles. The van der Waals surface area contributed by atoms with Crippen LogP contribution in [0.25, 0.3) is 0 Å². The maximum atomic E-state index is 5.88. The molecule has 0 unspecified atom stereocenters. The van der Waals surface area contributed by atoms with Gasteiger partial charge in [-0.3, -0.25) is 9.80 Å². The second-order valence-electron chi connectivity index (χ2n) is 6.61. The maximum Gasteiger partial charge on any atom is 0.0625 e. The second kappa shape index (κ2) is 6.14. The molecule has 0 spiro atoms. The molecule has 3 atom stereocenters.